The van der Waals surface area contributed by atoms with Crippen molar-refractivity contribution in [1.82, 2.24) is 9.13 Å². The number of methoxy groups -OCH3 is 1. The van der Waals surface area contributed by atoms with Crippen molar-refractivity contribution in [3.8, 4) is 5.88 Å². The normalized spacial score (nSPS) is 12.5. The summed E-state index contributed by atoms with van der Waals surface area (Å²) >= 11 is 0. The SMILES string of the molecule is COC(C)C(=O)c1ccc(N=Cc2c(O)n(C)c(=O)n(C)c2=O)cc1. The average Bonchev–Trinajstić information content (AvgIpc) is 2.64. The van der Waals surface area contributed by atoms with Crippen LogP contribution in [0.1, 0.15) is 22.8 Å². The summed E-state index contributed by atoms with van der Waals surface area (Å²) in [5, 5.41) is 9.97. The fourth-order valence-corrected chi connectivity index (χ4v) is 2.17. The van der Waals surface area contributed by atoms with Crippen molar-refractivity contribution in [1.29, 1.82) is 0 Å². The largest absolute Gasteiger partial charge is 0.494 e. The highest BCUT2D eigenvalue weighted by Crippen LogP contribution is 2.16. The molecule has 0 aliphatic heterocycles. The first-order chi connectivity index (χ1) is 11.8. The first-order valence-electron chi connectivity index (χ1n) is 7.48. The van der Waals surface area contributed by atoms with E-state index in [1.165, 1.54) is 27.4 Å². The molecule has 0 aliphatic carbocycles. The molecule has 8 heteroatoms. The number of benzene rings is 1. The van der Waals surface area contributed by atoms with E-state index in [2.05, 4.69) is 4.99 Å². The maximum atomic E-state index is 12.1. The van der Waals surface area contributed by atoms with Crippen molar-refractivity contribution in [2.24, 2.45) is 19.1 Å². The van der Waals surface area contributed by atoms with Gasteiger partial charge in [-0.25, -0.2) is 4.79 Å². The maximum absolute atomic E-state index is 12.1. The van der Waals surface area contributed by atoms with Gasteiger partial charge < -0.3 is 9.84 Å². The molecule has 2 rings (SSSR count). The molecule has 0 bridgehead atoms. The molecule has 1 N–H and O–H groups in total. The van der Waals surface area contributed by atoms with Gasteiger partial charge in [0.2, 0.25) is 5.88 Å². The number of aromatic hydroxyl groups is 1. The first kappa shape index (κ1) is 18.3. The van der Waals surface area contributed by atoms with E-state index in [0.29, 0.717) is 11.3 Å². The topological polar surface area (TPSA) is 103 Å². The molecule has 1 aromatic carbocycles. The van der Waals surface area contributed by atoms with Gasteiger partial charge in [-0.3, -0.25) is 23.7 Å². The Morgan fingerprint density at radius 2 is 1.80 bits per heavy atom. The number of ether oxygens (including phenoxy) is 1. The molecule has 0 saturated carbocycles. The van der Waals surface area contributed by atoms with Crippen LogP contribution in [0.4, 0.5) is 5.69 Å². The predicted octanol–water partition coefficient (Wildman–Crippen LogP) is 0.758. The lowest BCUT2D eigenvalue weighted by Crippen LogP contribution is -2.38. The number of carbonyl (C=O) groups excluding carboxylic acids is 1. The average molecular weight is 345 g/mol. The van der Waals surface area contributed by atoms with Crippen molar-refractivity contribution in [2.45, 2.75) is 13.0 Å². The van der Waals surface area contributed by atoms with E-state index in [9.17, 15) is 19.5 Å². The third-order valence-corrected chi connectivity index (χ3v) is 3.88. The molecule has 0 aliphatic rings. The number of hydrogen-bond acceptors (Lipinski definition) is 6. The summed E-state index contributed by atoms with van der Waals surface area (Å²) in [7, 11) is 4.13. The van der Waals surface area contributed by atoms with Crippen LogP contribution < -0.4 is 11.2 Å². The molecular weight excluding hydrogens is 326 g/mol. The number of carbonyl (C=O) groups is 1. The second kappa shape index (κ2) is 7.27. The highest BCUT2D eigenvalue weighted by atomic mass is 16.5. The van der Waals surface area contributed by atoms with Gasteiger partial charge in [-0.1, -0.05) is 0 Å². The minimum Gasteiger partial charge on any atom is -0.494 e. The maximum Gasteiger partial charge on any atom is 0.333 e. The smallest absolute Gasteiger partial charge is 0.333 e. The van der Waals surface area contributed by atoms with E-state index in [0.717, 1.165) is 9.13 Å². The Bertz CT molecular complexity index is 938. The fraction of sp³-hybridized carbons (Fsp3) is 0.294. The second-order valence-electron chi connectivity index (χ2n) is 5.49. The van der Waals surface area contributed by atoms with E-state index in [1.54, 1.807) is 31.2 Å². The van der Waals surface area contributed by atoms with Gasteiger partial charge in [0.05, 0.1) is 5.69 Å². The summed E-state index contributed by atoms with van der Waals surface area (Å²) in [5.74, 6) is -0.611. The Morgan fingerprint density at radius 3 is 2.36 bits per heavy atom. The molecule has 0 saturated heterocycles. The lowest BCUT2D eigenvalue weighted by Gasteiger charge is -2.08. The van der Waals surface area contributed by atoms with Gasteiger partial charge in [-0.05, 0) is 31.2 Å². The highest BCUT2D eigenvalue weighted by molar-refractivity contribution is 5.99. The number of hydrogen-bond donors (Lipinski definition) is 1. The number of aromatic nitrogens is 2. The lowest BCUT2D eigenvalue weighted by molar-refractivity contribution is 0.0655. The summed E-state index contributed by atoms with van der Waals surface area (Å²) < 4.78 is 6.83. The molecule has 0 radical (unpaired) electrons. The molecule has 0 amide bonds. The summed E-state index contributed by atoms with van der Waals surface area (Å²) in [6.07, 6.45) is 0.644. The first-order valence-corrected chi connectivity index (χ1v) is 7.48. The van der Waals surface area contributed by atoms with E-state index in [1.807, 2.05) is 0 Å². The monoisotopic (exact) mass is 345 g/mol. The third-order valence-electron chi connectivity index (χ3n) is 3.88. The molecule has 1 atom stereocenters. The molecule has 1 unspecified atom stereocenters. The van der Waals surface area contributed by atoms with Crippen molar-refractivity contribution in [3.05, 3.63) is 56.2 Å². The van der Waals surface area contributed by atoms with Gasteiger partial charge in [-0.2, -0.15) is 0 Å². The number of aliphatic imine (C=N–C) groups is 1. The number of Topliss-reactive ketones (excluding diaryl/α,β-unsaturated/α-hetero) is 1. The molecule has 0 spiro atoms. The van der Waals surface area contributed by atoms with E-state index in [-0.39, 0.29) is 11.3 Å². The zero-order chi connectivity index (χ0) is 18.7. The van der Waals surface area contributed by atoms with Crippen LogP contribution in [0.5, 0.6) is 5.88 Å². The second-order valence-corrected chi connectivity index (χ2v) is 5.49. The van der Waals surface area contributed by atoms with E-state index in [4.69, 9.17) is 4.74 Å². The molecule has 1 aromatic heterocycles. The van der Waals surface area contributed by atoms with Gasteiger partial charge in [0.15, 0.2) is 5.78 Å². The zero-order valence-electron chi connectivity index (χ0n) is 14.4. The highest BCUT2D eigenvalue weighted by Gasteiger charge is 2.14. The van der Waals surface area contributed by atoms with Gasteiger partial charge in [-0.15, -0.1) is 0 Å². The Morgan fingerprint density at radius 1 is 1.20 bits per heavy atom. The summed E-state index contributed by atoms with van der Waals surface area (Å²) in [6.45, 7) is 1.66. The van der Waals surface area contributed by atoms with Crippen molar-refractivity contribution in [3.63, 3.8) is 0 Å². The minimum atomic E-state index is -0.648. The minimum absolute atomic E-state index is 0.0993. The Balaban J connectivity index is 2.34. The Kier molecular flexibility index (Phi) is 5.33. The van der Waals surface area contributed by atoms with Crippen LogP contribution in [0.2, 0.25) is 0 Å². The number of rotatable bonds is 5. The van der Waals surface area contributed by atoms with Crippen LogP contribution in [0.3, 0.4) is 0 Å². The van der Waals surface area contributed by atoms with Gasteiger partial charge >= 0.3 is 5.69 Å². The van der Waals surface area contributed by atoms with E-state index < -0.39 is 23.2 Å². The van der Waals surface area contributed by atoms with Crippen LogP contribution in [-0.4, -0.2) is 39.5 Å². The van der Waals surface area contributed by atoms with Gasteiger partial charge in [0.25, 0.3) is 5.56 Å². The van der Waals surface area contributed by atoms with Crippen LogP contribution in [0, 0.1) is 0 Å². The van der Waals surface area contributed by atoms with Gasteiger partial charge in [0.1, 0.15) is 11.7 Å². The summed E-state index contributed by atoms with van der Waals surface area (Å²) in [6, 6.07) is 6.41. The predicted molar refractivity (Wildman–Crippen MR) is 93.1 cm³/mol. The molecule has 8 nitrogen and oxygen atoms in total. The molecule has 25 heavy (non-hydrogen) atoms. The number of ketones is 1. The summed E-state index contributed by atoms with van der Waals surface area (Å²) in [5.41, 5.74) is -0.413. The molecule has 132 valence electrons. The van der Waals surface area contributed by atoms with Crippen LogP contribution in [0.15, 0.2) is 38.8 Å². The van der Waals surface area contributed by atoms with Crippen LogP contribution >= 0.6 is 0 Å². The van der Waals surface area contributed by atoms with Gasteiger partial charge in [0, 0.05) is 33.0 Å². The number of nitrogens with zero attached hydrogens (tertiary/aromatic N) is 3. The van der Waals surface area contributed by atoms with Crippen LogP contribution in [0.25, 0.3) is 0 Å². The molecule has 2 aromatic rings. The lowest BCUT2D eigenvalue weighted by atomic mass is 10.1. The quantitative estimate of drug-likeness (QED) is 0.636. The van der Waals surface area contributed by atoms with E-state index >= 15 is 0 Å². The Hall–Kier alpha value is -3.00. The van der Waals surface area contributed by atoms with Crippen molar-refractivity contribution >= 4 is 17.7 Å². The molecule has 1 heterocycles. The molecule has 0 fully saturated rings. The Labute approximate surface area is 143 Å². The van der Waals surface area contributed by atoms with Crippen LogP contribution in [-0.2, 0) is 18.8 Å². The van der Waals surface area contributed by atoms with Crippen molar-refractivity contribution < 1.29 is 14.6 Å². The van der Waals surface area contributed by atoms with Crippen molar-refractivity contribution in [2.75, 3.05) is 7.11 Å². The third kappa shape index (κ3) is 3.58. The standard InChI is InChI=1S/C17H19N3O5/c1-10(25-4)14(21)11-5-7-12(8-6-11)18-9-13-15(22)19(2)17(24)20(3)16(13)23/h5-10,22H,1-4H3. The zero-order valence-corrected chi connectivity index (χ0v) is 14.4. The molecular formula is C17H19N3O5. The summed E-state index contributed by atoms with van der Waals surface area (Å²) in [4.78, 5) is 39.9. The fourth-order valence-electron chi connectivity index (χ4n) is 2.17.